The summed E-state index contributed by atoms with van der Waals surface area (Å²) in [4.78, 5) is 24.0. The first-order valence-corrected chi connectivity index (χ1v) is 8.93. The molecule has 2 amide bonds. The lowest BCUT2D eigenvalue weighted by Gasteiger charge is -2.09. The first-order valence-electron chi connectivity index (χ1n) is 8.93. The van der Waals surface area contributed by atoms with Gasteiger partial charge in [0.15, 0.2) is 5.76 Å². The van der Waals surface area contributed by atoms with Gasteiger partial charge in [-0.1, -0.05) is 0 Å². The molecule has 0 aliphatic carbocycles. The fraction of sp³-hybridized carbons (Fsp3) is 0.143. The molecule has 0 aliphatic rings. The minimum atomic E-state index is -4.50. The average Bonchev–Trinajstić information content (AvgIpc) is 3.21. The van der Waals surface area contributed by atoms with Gasteiger partial charge >= 0.3 is 6.18 Å². The van der Waals surface area contributed by atoms with E-state index in [2.05, 4.69) is 5.32 Å². The number of nitrogens with one attached hydrogen (secondary N) is 2. The van der Waals surface area contributed by atoms with Crippen molar-refractivity contribution in [1.29, 1.82) is 0 Å². The Kier molecular flexibility index (Phi) is 6.58. The van der Waals surface area contributed by atoms with Gasteiger partial charge in [-0.25, -0.2) is 4.39 Å². The Morgan fingerprint density at radius 2 is 1.58 bits per heavy atom. The zero-order valence-electron chi connectivity index (χ0n) is 15.8. The van der Waals surface area contributed by atoms with Crippen LogP contribution in [0.25, 0.3) is 0 Å². The smallest absolute Gasteiger partial charge is 0.405 e. The minimum absolute atomic E-state index is 0.00435. The number of carbonyl (C=O) groups is 2. The van der Waals surface area contributed by atoms with E-state index in [1.54, 1.807) is 11.4 Å². The number of rotatable bonds is 7. The van der Waals surface area contributed by atoms with E-state index in [1.807, 2.05) is 0 Å². The molecule has 0 saturated carbocycles. The summed E-state index contributed by atoms with van der Waals surface area (Å²) < 4.78 is 60.2. The first kappa shape index (κ1) is 21.9. The quantitative estimate of drug-likeness (QED) is 0.533. The van der Waals surface area contributed by atoms with Crippen LogP contribution in [0.15, 0.2) is 65.1 Å². The third kappa shape index (κ3) is 6.59. The summed E-state index contributed by atoms with van der Waals surface area (Å²) in [6.07, 6.45) is -4.50. The highest BCUT2D eigenvalue weighted by Gasteiger charge is 2.27. The van der Waals surface area contributed by atoms with E-state index in [4.69, 9.17) is 9.15 Å². The standard InChI is InChI=1S/C21H16F4N2O4/c22-14-3-7-16(8-4-14)30-11-17-9-10-18(31-17)20(29)27-15-5-1-13(2-6-15)19(28)26-12-21(23,24)25/h1-10H,11-12H2,(H,26,28)(H,27,29). The molecular formula is C21H16F4N2O4. The third-order valence-corrected chi connectivity index (χ3v) is 3.93. The Hall–Kier alpha value is -3.82. The lowest BCUT2D eigenvalue weighted by Crippen LogP contribution is -2.33. The van der Waals surface area contributed by atoms with Crippen molar-refractivity contribution >= 4 is 17.5 Å². The molecule has 0 atom stereocenters. The van der Waals surface area contributed by atoms with E-state index >= 15 is 0 Å². The Balaban J connectivity index is 1.53. The van der Waals surface area contributed by atoms with Crippen LogP contribution in [-0.2, 0) is 6.61 Å². The van der Waals surface area contributed by atoms with Gasteiger partial charge in [0.25, 0.3) is 11.8 Å². The zero-order valence-corrected chi connectivity index (χ0v) is 15.8. The second-order valence-corrected chi connectivity index (χ2v) is 6.34. The second kappa shape index (κ2) is 9.33. The van der Waals surface area contributed by atoms with Crippen molar-refractivity contribution in [2.75, 3.05) is 11.9 Å². The molecule has 3 rings (SSSR count). The molecule has 0 bridgehead atoms. The number of furan rings is 1. The van der Waals surface area contributed by atoms with E-state index in [0.29, 0.717) is 17.2 Å². The number of hydrogen-bond donors (Lipinski definition) is 2. The van der Waals surface area contributed by atoms with Gasteiger partial charge in [0.1, 0.15) is 30.5 Å². The molecule has 0 unspecified atom stereocenters. The lowest BCUT2D eigenvalue weighted by atomic mass is 10.2. The predicted octanol–water partition coefficient (Wildman–Crippen LogP) is 4.54. The van der Waals surface area contributed by atoms with Crippen molar-refractivity contribution in [2.45, 2.75) is 12.8 Å². The number of alkyl halides is 3. The van der Waals surface area contributed by atoms with Crippen LogP contribution in [0.1, 0.15) is 26.7 Å². The Bertz CT molecular complexity index is 1040. The highest BCUT2D eigenvalue weighted by atomic mass is 19.4. The molecule has 0 spiro atoms. The van der Waals surface area contributed by atoms with Gasteiger partial charge in [-0.2, -0.15) is 13.2 Å². The van der Waals surface area contributed by atoms with Crippen LogP contribution >= 0.6 is 0 Å². The van der Waals surface area contributed by atoms with Gasteiger partial charge < -0.3 is 19.8 Å². The maximum Gasteiger partial charge on any atom is 0.405 e. The number of benzene rings is 2. The van der Waals surface area contributed by atoms with Gasteiger partial charge in [0.2, 0.25) is 0 Å². The summed E-state index contributed by atoms with van der Waals surface area (Å²) in [5.74, 6) is -1.03. The van der Waals surface area contributed by atoms with E-state index in [1.165, 1.54) is 54.6 Å². The van der Waals surface area contributed by atoms with Crippen LogP contribution in [-0.4, -0.2) is 24.5 Å². The topological polar surface area (TPSA) is 80.6 Å². The molecule has 31 heavy (non-hydrogen) atoms. The van der Waals surface area contributed by atoms with Gasteiger partial charge in [0.05, 0.1) is 0 Å². The second-order valence-electron chi connectivity index (χ2n) is 6.34. The fourth-order valence-corrected chi connectivity index (χ4v) is 2.44. The Morgan fingerprint density at radius 3 is 2.23 bits per heavy atom. The third-order valence-electron chi connectivity index (χ3n) is 3.93. The van der Waals surface area contributed by atoms with Gasteiger partial charge in [-0.05, 0) is 60.7 Å². The van der Waals surface area contributed by atoms with Crippen LogP contribution in [0.5, 0.6) is 5.75 Å². The number of hydrogen-bond acceptors (Lipinski definition) is 4. The molecule has 0 fully saturated rings. The van der Waals surface area contributed by atoms with E-state index in [-0.39, 0.29) is 23.7 Å². The molecule has 1 heterocycles. The van der Waals surface area contributed by atoms with Crippen molar-refractivity contribution in [3.63, 3.8) is 0 Å². The Labute approximate surface area is 173 Å². The van der Waals surface area contributed by atoms with Crippen LogP contribution < -0.4 is 15.4 Å². The largest absolute Gasteiger partial charge is 0.486 e. The highest BCUT2D eigenvalue weighted by molar-refractivity contribution is 6.02. The summed E-state index contributed by atoms with van der Waals surface area (Å²) >= 11 is 0. The van der Waals surface area contributed by atoms with E-state index in [9.17, 15) is 27.2 Å². The molecule has 0 aliphatic heterocycles. The summed E-state index contributed by atoms with van der Waals surface area (Å²) in [6, 6.07) is 13.7. The molecule has 0 saturated heterocycles. The maximum absolute atomic E-state index is 12.9. The van der Waals surface area contributed by atoms with E-state index in [0.717, 1.165) is 0 Å². The van der Waals surface area contributed by atoms with E-state index < -0.39 is 24.5 Å². The molecule has 0 radical (unpaired) electrons. The fourth-order valence-electron chi connectivity index (χ4n) is 2.44. The van der Waals surface area contributed by atoms with Crippen LogP contribution in [0, 0.1) is 5.82 Å². The van der Waals surface area contributed by atoms with Crippen LogP contribution in [0.2, 0.25) is 0 Å². The summed E-state index contributed by atoms with van der Waals surface area (Å²) in [6.45, 7) is -1.41. The molecule has 3 aromatic rings. The predicted molar refractivity (Wildman–Crippen MR) is 102 cm³/mol. The number of carbonyl (C=O) groups excluding carboxylic acids is 2. The summed E-state index contributed by atoms with van der Waals surface area (Å²) in [5, 5.41) is 4.30. The summed E-state index contributed by atoms with van der Waals surface area (Å²) in [5.41, 5.74) is 0.332. The number of halogens is 4. The molecule has 10 heteroatoms. The maximum atomic E-state index is 12.9. The van der Waals surface area contributed by atoms with Crippen LogP contribution in [0.3, 0.4) is 0 Å². The molecule has 2 N–H and O–H groups in total. The average molecular weight is 436 g/mol. The van der Waals surface area contributed by atoms with Gasteiger partial charge in [0, 0.05) is 11.3 Å². The Morgan fingerprint density at radius 1 is 0.903 bits per heavy atom. The number of anilines is 1. The normalized spacial score (nSPS) is 11.1. The highest BCUT2D eigenvalue weighted by Crippen LogP contribution is 2.17. The first-order chi connectivity index (χ1) is 14.7. The molecule has 2 aromatic carbocycles. The van der Waals surface area contributed by atoms with Crippen molar-refractivity contribution in [1.82, 2.24) is 5.32 Å². The van der Waals surface area contributed by atoms with Crippen molar-refractivity contribution in [3.8, 4) is 5.75 Å². The number of ether oxygens (including phenoxy) is 1. The summed E-state index contributed by atoms with van der Waals surface area (Å²) in [7, 11) is 0. The van der Waals surface area contributed by atoms with Gasteiger partial charge in [-0.15, -0.1) is 0 Å². The monoisotopic (exact) mass is 436 g/mol. The molecule has 6 nitrogen and oxygen atoms in total. The van der Waals surface area contributed by atoms with Crippen molar-refractivity contribution < 1.29 is 36.3 Å². The van der Waals surface area contributed by atoms with Crippen molar-refractivity contribution in [2.24, 2.45) is 0 Å². The van der Waals surface area contributed by atoms with Gasteiger partial charge in [-0.3, -0.25) is 9.59 Å². The van der Waals surface area contributed by atoms with Crippen molar-refractivity contribution in [3.05, 3.63) is 83.6 Å². The minimum Gasteiger partial charge on any atom is -0.486 e. The SMILES string of the molecule is O=C(NCC(F)(F)F)c1ccc(NC(=O)c2ccc(COc3ccc(F)cc3)o2)cc1. The number of amides is 2. The molecular weight excluding hydrogens is 420 g/mol. The zero-order chi connectivity index (χ0) is 22.4. The molecule has 1 aromatic heterocycles. The van der Waals surface area contributed by atoms with Crippen LogP contribution in [0.4, 0.5) is 23.2 Å². The lowest BCUT2D eigenvalue weighted by molar-refractivity contribution is -0.123. The molecule has 162 valence electrons.